The number of hydrogen-bond donors (Lipinski definition) is 2. The highest BCUT2D eigenvalue weighted by Gasteiger charge is 2.28. The number of carbonyl (C=O) groups is 2. The van der Waals surface area contributed by atoms with E-state index in [0.717, 1.165) is 36.0 Å². The van der Waals surface area contributed by atoms with Gasteiger partial charge in [0.15, 0.2) is 0 Å². The number of carbonyl (C=O) groups excluding carboxylic acids is 2. The molecule has 0 aliphatic carbocycles. The third-order valence-corrected chi connectivity index (χ3v) is 5.59. The van der Waals surface area contributed by atoms with Gasteiger partial charge >= 0.3 is 0 Å². The first-order valence-electron chi connectivity index (χ1n) is 6.70. The number of thiophene rings is 1. The normalized spacial score (nSPS) is 15.6. The van der Waals surface area contributed by atoms with Crippen LogP contribution in [0.4, 0.5) is 10.7 Å². The first-order valence-corrected chi connectivity index (χ1v) is 8.67. The summed E-state index contributed by atoms with van der Waals surface area (Å²) in [5.74, 6) is 1.32. The number of primary amides is 1. The van der Waals surface area contributed by atoms with Crippen LogP contribution in [0.15, 0.2) is 0 Å². The molecule has 2 rings (SSSR count). The fourth-order valence-corrected chi connectivity index (χ4v) is 4.39. The molecule has 0 bridgehead atoms. The third-order valence-electron chi connectivity index (χ3n) is 3.28. The summed E-state index contributed by atoms with van der Waals surface area (Å²) < 4.78 is 0. The Morgan fingerprint density at radius 2 is 1.95 bits per heavy atom. The van der Waals surface area contributed by atoms with Gasteiger partial charge in [0.2, 0.25) is 0 Å². The summed E-state index contributed by atoms with van der Waals surface area (Å²) in [5.41, 5.74) is 12.0. The Morgan fingerprint density at radius 3 is 2.57 bits per heavy atom. The number of nitrogens with two attached hydrogens (primary N) is 2. The molecular formula is C13H20N4O2S2. The Labute approximate surface area is 132 Å². The van der Waals surface area contributed by atoms with E-state index in [1.165, 1.54) is 16.2 Å². The molecule has 1 aliphatic heterocycles. The van der Waals surface area contributed by atoms with E-state index in [-0.39, 0.29) is 17.2 Å². The molecule has 0 radical (unpaired) electrons. The highest BCUT2D eigenvalue weighted by Crippen LogP contribution is 2.39. The van der Waals surface area contributed by atoms with Crippen molar-refractivity contribution in [2.45, 2.75) is 6.42 Å². The zero-order chi connectivity index (χ0) is 15.6. The molecule has 1 fully saturated rings. The molecule has 1 aromatic heterocycles. The predicted molar refractivity (Wildman–Crippen MR) is 89.4 cm³/mol. The lowest BCUT2D eigenvalue weighted by molar-refractivity contribution is 0.0833. The van der Waals surface area contributed by atoms with E-state index in [2.05, 4.69) is 4.90 Å². The molecule has 2 amide bonds. The van der Waals surface area contributed by atoms with Crippen LogP contribution >= 0.6 is 23.1 Å². The minimum Gasteiger partial charge on any atom is -0.397 e. The van der Waals surface area contributed by atoms with Gasteiger partial charge in [0.1, 0.15) is 9.88 Å². The van der Waals surface area contributed by atoms with Crippen LogP contribution in [-0.4, -0.2) is 55.4 Å². The van der Waals surface area contributed by atoms with E-state index >= 15 is 0 Å². The summed E-state index contributed by atoms with van der Waals surface area (Å²) >= 11 is 3.16. The van der Waals surface area contributed by atoms with Crippen LogP contribution in [0.25, 0.3) is 0 Å². The lowest BCUT2D eigenvalue weighted by Gasteiger charge is -2.21. The molecule has 4 N–H and O–H groups in total. The average Bonchev–Trinajstić information content (AvgIpc) is 2.62. The summed E-state index contributed by atoms with van der Waals surface area (Å²) in [7, 11) is 3.32. The molecule has 6 nitrogen and oxygen atoms in total. The number of amides is 2. The minimum atomic E-state index is -0.576. The molecule has 0 unspecified atom stereocenters. The highest BCUT2D eigenvalue weighted by molar-refractivity contribution is 7.99. The summed E-state index contributed by atoms with van der Waals surface area (Å²) in [6, 6.07) is 0. The summed E-state index contributed by atoms with van der Waals surface area (Å²) in [4.78, 5) is 27.9. The maximum Gasteiger partial charge on any atom is 0.265 e. The van der Waals surface area contributed by atoms with Crippen molar-refractivity contribution in [3.05, 3.63) is 10.4 Å². The van der Waals surface area contributed by atoms with Gasteiger partial charge in [-0.25, -0.2) is 0 Å². The van der Waals surface area contributed by atoms with E-state index in [9.17, 15) is 9.59 Å². The van der Waals surface area contributed by atoms with Crippen molar-refractivity contribution >= 4 is 45.6 Å². The zero-order valence-corrected chi connectivity index (χ0v) is 13.9. The van der Waals surface area contributed by atoms with Crippen LogP contribution in [0.5, 0.6) is 0 Å². The van der Waals surface area contributed by atoms with Gasteiger partial charge in [-0.1, -0.05) is 0 Å². The fourth-order valence-electron chi connectivity index (χ4n) is 2.20. The van der Waals surface area contributed by atoms with E-state index in [0.29, 0.717) is 4.88 Å². The molecular weight excluding hydrogens is 308 g/mol. The number of rotatable bonds is 3. The van der Waals surface area contributed by atoms with Crippen LogP contribution in [0.3, 0.4) is 0 Å². The van der Waals surface area contributed by atoms with Gasteiger partial charge in [-0.15, -0.1) is 11.3 Å². The van der Waals surface area contributed by atoms with Crippen LogP contribution in [0.2, 0.25) is 0 Å². The van der Waals surface area contributed by atoms with Crippen LogP contribution in [0, 0.1) is 0 Å². The summed E-state index contributed by atoms with van der Waals surface area (Å²) in [6.07, 6.45) is 1.04. The van der Waals surface area contributed by atoms with E-state index in [1.54, 1.807) is 14.1 Å². The fraction of sp³-hybridized carbons (Fsp3) is 0.538. The second kappa shape index (κ2) is 6.57. The first-order chi connectivity index (χ1) is 9.93. The minimum absolute atomic E-state index is 0.199. The molecule has 21 heavy (non-hydrogen) atoms. The average molecular weight is 328 g/mol. The molecule has 116 valence electrons. The van der Waals surface area contributed by atoms with Crippen LogP contribution in [-0.2, 0) is 0 Å². The zero-order valence-electron chi connectivity index (χ0n) is 12.2. The van der Waals surface area contributed by atoms with Gasteiger partial charge in [-0.3, -0.25) is 9.59 Å². The Kier molecular flexibility index (Phi) is 5.00. The number of nitrogens with zero attached hydrogens (tertiary/aromatic N) is 2. The maximum atomic E-state index is 12.2. The SMILES string of the molecule is CN(C)C(=O)c1sc(N2CCCSCC2)c(C(N)=O)c1N. The topological polar surface area (TPSA) is 92.7 Å². The van der Waals surface area contributed by atoms with Crippen molar-refractivity contribution in [2.24, 2.45) is 5.73 Å². The Balaban J connectivity index is 2.46. The van der Waals surface area contributed by atoms with E-state index in [4.69, 9.17) is 11.5 Å². The van der Waals surface area contributed by atoms with Gasteiger partial charge in [-0.05, 0) is 12.2 Å². The Bertz CT molecular complexity index is 549. The second-order valence-corrected chi connectivity index (χ2v) is 7.27. The van der Waals surface area contributed by atoms with Crippen molar-refractivity contribution < 1.29 is 9.59 Å². The lowest BCUT2D eigenvalue weighted by Crippen LogP contribution is -2.27. The number of anilines is 2. The second-order valence-electron chi connectivity index (χ2n) is 5.04. The molecule has 0 atom stereocenters. The standard InChI is InChI=1S/C13H20N4O2S2/c1-16(2)12(19)10-9(14)8(11(15)18)13(21-10)17-4-3-6-20-7-5-17/h3-7,14H2,1-2H3,(H2,15,18). The molecule has 8 heteroatoms. The van der Waals surface area contributed by atoms with Crippen molar-refractivity contribution in [1.29, 1.82) is 0 Å². The van der Waals surface area contributed by atoms with Crippen molar-refractivity contribution in [3.8, 4) is 0 Å². The Morgan fingerprint density at radius 1 is 1.24 bits per heavy atom. The Hall–Kier alpha value is -1.41. The largest absolute Gasteiger partial charge is 0.397 e. The quantitative estimate of drug-likeness (QED) is 0.866. The van der Waals surface area contributed by atoms with Crippen LogP contribution < -0.4 is 16.4 Å². The van der Waals surface area contributed by atoms with Crippen molar-refractivity contribution in [1.82, 2.24) is 4.90 Å². The highest BCUT2D eigenvalue weighted by atomic mass is 32.2. The molecule has 1 saturated heterocycles. The molecule has 2 heterocycles. The summed E-state index contributed by atoms with van der Waals surface area (Å²) in [5, 5.41) is 0.729. The number of thioether (sulfide) groups is 1. The summed E-state index contributed by atoms with van der Waals surface area (Å²) in [6.45, 7) is 1.68. The molecule has 0 saturated carbocycles. The number of nitrogen functional groups attached to an aromatic ring is 1. The van der Waals surface area contributed by atoms with E-state index in [1.807, 2.05) is 11.8 Å². The van der Waals surface area contributed by atoms with Crippen molar-refractivity contribution in [2.75, 3.05) is 49.3 Å². The van der Waals surface area contributed by atoms with Gasteiger partial charge in [0.05, 0.1) is 11.3 Å². The maximum absolute atomic E-state index is 12.2. The molecule has 1 aliphatic rings. The van der Waals surface area contributed by atoms with Gasteiger partial charge in [-0.2, -0.15) is 11.8 Å². The lowest BCUT2D eigenvalue weighted by atomic mass is 10.2. The first kappa shape index (κ1) is 16.0. The van der Waals surface area contributed by atoms with Gasteiger partial charge in [0, 0.05) is 32.9 Å². The smallest absolute Gasteiger partial charge is 0.265 e. The van der Waals surface area contributed by atoms with E-state index < -0.39 is 5.91 Å². The van der Waals surface area contributed by atoms with Gasteiger partial charge in [0.25, 0.3) is 11.8 Å². The predicted octanol–water partition coefficient (Wildman–Crippen LogP) is 1.07. The monoisotopic (exact) mass is 328 g/mol. The third kappa shape index (κ3) is 3.26. The molecule has 0 spiro atoms. The van der Waals surface area contributed by atoms with Crippen molar-refractivity contribution in [3.63, 3.8) is 0 Å². The van der Waals surface area contributed by atoms with Gasteiger partial charge < -0.3 is 21.3 Å². The molecule has 0 aromatic carbocycles. The van der Waals surface area contributed by atoms with Crippen LogP contribution in [0.1, 0.15) is 26.5 Å². The molecule has 1 aromatic rings. The number of hydrogen-bond acceptors (Lipinski definition) is 6.